The SMILES string of the molecule is CCC1CCC2(CC1)NC(=O)N(CC(=O)N(C)Cc1ccc(C)o1)C2=O. The second-order valence-corrected chi connectivity index (χ2v) is 7.52. The molecule has 1 saturated carbocycles. The maximum Gasteiger partial charge on any atom is 0.325 e. The predicted molar refractivity (Wildman–Crippen MR) is 95.1 cm³/mol. The highest BCUT2D eigenvalue weighted by molar-refractivity contribution is 6.09. The molecule has 2 heterocycles. The van der Waals surface area contributed by atoms with E-state index < -0.39 is 11.6 Å². The summed E-state index contributed by atoms with van der Waals surface area (Å²) < 4.78 is 5.47. The molecule has 0 atom stereocenters. The van der Waals surface area contributed by atoms with E-state index in [1.165, 1.54) is 4.90 Å². The number of furan rings is 1. The molecular weight excluding hydrogens is 334 g/mol. The fourth-order valence-corrected chi connectivity index (χ4v) is 3.89. The van der Waals surface area contributed by atoms with Gasteiger partial charge in [0.1, 0.15) is 23.6 Å². The Morgan fingerprint density at radius 2 is 2.04 bits per heavy atom. The summed E-state index contributed by atoms with van der Waals surface area (Å²) in [6.45, 7) is 4.06. The normalized spacial score (nSPS) is 25.7. The molecular formula is C19H27N3O4. The molecule has 1 aromatic heterocycles. The van der Waals surface area contributed by atoms with Gasteiger partial charge in [-0.15, -0.1) is 0 Å². The molecule has 0 aromatic carbocycles. The number of imide groups is 1. The van der Waals surface area contributed by atoms with E-state index in [-0.39, 0.29) is 18.4 Å². The van der Waals surface area contributed by atoms with Crippen LogP contribution in [0.2, 0.25) is 0 Å². The lowest BCUT2D eigenvalue weighted by atomic mass is 9.75. The van der Waals surface area contributed by atoms with Gasteiger partial charge in [0.2, 0.25) is 5.91 Å². The standard InChI is InChI=1S/C19H27N3O4/c1-4-14-7-9-19(10-8-14)17(24)22(18(25)20-19)12-16(23)21(3)11-15-6-5-13(2)26-15/h5-6,14H,4,7-12H2,1-3H3,(H,20,25). The number of nitrogens with zero attached hydrogens (tertiary/aromatic N) is 2. The van der Waals surface area contributed by atoms with Crippen LogP contribution in [0.5, 0.6) is 0 Å². The Hall–Kier alpha value is -2.31. The number of urea groups is 1. The minimum absolute atomic E-state index is 0.236. The number of carbonyl (C=O) groups is 3. The van der Waals surface area contributed by atoms with Gasteiger partial charge < -0.3 is 14.6 Å². The Balaban J connectivity index is 1.61. The fourth-order valence-electron chi connectivity index (χ4n) is 3.89. The summed E-state index contributed by atoms with van der Waals surface area (Å²) in [5, 5.41) is 2.86. The van der Waals surface area contributed by atoms with E-state index in [4.69, 9.17) is 4.42 Å². The van der Waals surface area contributed by atoms with Crippen molar-refractivity contribution in [3.05, 3.63) is 23.7 Å². The molecule has 0 unspecified atom stereocenters. The van der Waals surface area contributed by atoms with Gasteiger partial charge >= 0.3 is 6.03 Å². The highest BCUT2D eigenvalue weighted by atomic mass is 16.3. The van der Waals surface area contributed by atoms with Gasteiger partial charge in [0.25, 0.3) is 5.91 Å². The van der Waals surface area contributed by atoms with Gasteiger partial charge in [-0.25, -0.2) is 4.79 Å². The Bertz CT molecular complexity index is 703. The van der Waals surface area contributed by atoms with Crippen LogP contribution in [0.15, 0.2) is 16.5 Å². The third-order valence-electron chi connectivity index (χ3n) is 5.69. The van der Waals surface area contributed by atoms with Crippen LogP contribution in [-0.2, 0) is 16.1 Å². The van der Waals surface area contributed by atoms with Crippen LogP contribution in [0, 0.1) is 12.8 Å². The molecule has 1 spiro atoms. The van der Waals surface area contributed by atoms with Gasteiger partial charge in [0, 0.05) is 7.05 Å². The second-order valence-electron chi connectivity index (χ2n) is 7.52. The van der Waals surface area contributed by atoms with E-state index in [1.807, 2.05) is 19.1 Å². The largest absolute Gasteiger partial charge is 0.464 e. The van der Waals surface area contributed by atoms with Crippen molar-refractivity contribution < 1.29 is 18.8 Å². The molecule has 1 N–H and O–H groups in total. The zero-order chi connectivity index (χ0) is 18.9. The lowest BCUT2D eigenvalue weighted by Gasteiger charge is -2.34. The van der Waals surface area contributed by atoms with Gasteiger partial charge in [-0.05, 0) is 50.7 Å². The van der Waals surface area contributed by atoms with Crippen molar-refractivity contribution in [3.8, 4) is 0 Å². The summed E-state index contributed by atoms with van der Waals surface area (Å²) >= 11 is 0. The Morgan fingerprint density at radius 3 is 2.62 bits per heavy atom. The van der Waals surface area contributed by atoms with E-state index in [0.717, 1.165) is 29.9 Å². The number of hydrogen-bond donors (Lipinski definition) is 1. The summed E-state index contributed by atoms with van der Waals surface area (Å²) in [5.74, 6) is 1.52. The minimum Gasteiger partial charge on any atom is -0.464 e. The minimum atomic E-state index is -0.806. The molecule has 1 saturated heterocycles. The third-order valence-corrected chi connectivity index (χ3v) is 5.69. The van der Waals surface area contributed by atoms with Crippen LogP contribution in [0.4, 0.5) is 4.79 Å². The van der Waals surface area contributed by atoms with Crippen LogP contribution < -0.4 is 5.32 Å². The maximum atomic E-state index is 12.9. The molecule has 3 rings (SSSR count). The van der Waals surface area contributed by atoms with E-state index in [1.54, 1.807) is 7.05 Å². The Morgan fingerprint density at radius 1 is 1.35 bits per heavy atom. The monoisotopic (exact) mass is 361 g/mol. The number of likely N-dealkylation sites (N-methyl/N-ethyl adjacent to an activating group) is 1. The topological polar surface area (TPSA) is 82.9 Å². The fraction of sp³-hybridized carbons (Fsp3) is 0.632. The number of carbonyl (C=O) groups excluding carboxylic acids is 3. The van der Waals surface area contributed by atoms with Gasteiger partial charge in [-0.2, -0.15) is 0 Å². The van der Waals surface area contributed by atoms with Gasteiger partial charge in [-0.3, -0.25) is 14.5 Å². The number of rotatable bonds is 5. The quantitative estimate of drug-likeness (QED) is 0.817. The summed E-state index contributed by atoms with van der Waals surface area (Å²) in [6, 6.07) is 3.19. The van der Waals surface area contributed by atoms with Gasteiger partial charge in [0.05, 0.1) is 6.54 Å². The number of amides is 4. The first kappa shape index (κ1) is 18.5. The van der Waals surface area contributed by atoms with Gasteiger partial charge in [0.15, 0.2) is 0 Å². The zero-order valence-electron chi connectivity index (χ0n) is 15.7. The second kappa shape index (κ2) is 7.13. The molecule has 1 aliphatic carbocycles. The van der Waals surface area contributed by atoms with Gasteiger partial charge in [-0.1, -0.05) is 13.3 Å². The summed E-state index contributed by atoms with van der Waals surface area (Å²) in [5.41, 5.74) is -0.806. The average Bonchev–Trinajstić information content (AvgIpc) is 3.12. The van der Waals surface area contributed by atoms with Crippen molar-refractivity contribution in [2.75, 3.05) is 13.6 Å². The molecule has 0 bridgehead atoms. The van der Waals surface area contributed by atoms with Crippen molar-refractivity contribution in [2.45, 2.75) is 58.0 Å². The predicted octanol–water partition coefficient (Wildman–Crippen LogP) is 2.44. The highest BCUT2D eigenvalue weighted by Gasteiger charge is 2.52. The van der Waals surface area contributed by atoms with E-state index in [9.17, 15) is 14.4 Å². The van der Waals surface area contributed by atoms with Crippen molar-refractivity contribution >= 4 is 17.8 Å². The molecule has 1 aliphatic heterocycles. The first-order valence-corrected chi connectivity index (χ1v) is 9.28. The summed E-state index contributed by atoms with van der Waals surface area (Å²) in [7, 11) is 1.64. The van der Waals surface area contributed by atoms with Crippen LogP contribution in [-0.4, -0.2) is 46.8 Å². The van der Waals surface area contributed by atoms with Crippen LogP contribution >= 0.6 is 0 Å². The number of nitrogens with one attached hydrogen (secondary N) is 1. The van der Waals surface area contributed by atoms with Crippen molar-refractivity contribution in [2.24, 2.45) is 5.92 Å². The Labute approximate surface area is 153 Å². The van der Waals surface area contributed by atoms with Crippen molar-refractivity contribution in [1.29, 1.82) is 0 Å². The van der Waals surface area contributed by atoms with Crippen LogP contribution in [0.25, 0.3) is 0 Å². The molecule has 142 valence electrons. The first-order valence-electron chi connectivity index (χ1n) is 9.28. The van der Waals surface area contributed by atoms with E-state index in [2.05, 4.69) is 12.2 Å². The molecule has 2 fully saturated rings. The number of aryl methyl sites for hydroxylation is 1. The van der Waals surface area contributed by atoms with Crippen LogP contribution in [0.1, 0.15) is 50.5 Å². The molecule has 26 heavy (non-hydrogen) atoms. The highest BCUT2D eigenvalue weighted by Crippen LogP contribution is 2.37. The molecule has 1 aromatic rings. The first-order chi connectivity index (χ1) is 12.3. The average molecular weight is 361 g/mol. The van der Waals surface area contributed by atoms with Crippen LogP contribution in [0.3, 0.4) is 0 Å². The smallest absolute Gasteiger partial charge is 0.325 e. The zero-order valence-corrected chi connectivity index (χ0v) is 15.7. The number of hydrogen-bond acceptors (Lipinski definition) is 4. The van der Waals surface area contributed by atoms with E-state index >= 15 is 0 Å². The van der Waals surface area contributed by atoms with E-state index in [0.29, 0.717) is 31.1 Å². The lowest BCUT2D eigenvalue weighted by molar-refractivity contribution is -0.139. The Kier molecular flexibility index (Phi) is 5.07. The summed E-state index contributed by atoms with van der Waals surface area (Å²) in [4.78, 5) is 40.2. The van der Waals surface area contributed by atoms with Crippen molar-refractivity contribution in [1.82, 2.24) is 15.1 Å². The molecule has 7 nitrogen and oxygen atoms in total. The molecule has 0 radical (unpaired) electrons. The molecule has 7 heteroatoms. The molecule has 2 aliphatic rings. The lowest BCUT2D eigenvalue weighted by Crippen LogP contribution is -2.50. The maximum absolute atomic E-state index is 12.9. The third kappa shape index (κ3) is 3.48. The molecule has 4 amide bonds. The summed E-state index contributed by atoms with van der Waals surface area (Å²) in [6.07, 6.45) is 4.27. The van der Waals surface area contributed by atoms with Crippen molar-refractivity contribution in [3.63, 3.8) is 0 Å².